The van der Waals surface area contributed by atoms with E-state index in [2.05, 4.69) is 13.8 Å². The predicted octanol–water partition coefficient (Wildman–Crippen LogP) is 2.72. The Hall–Kier alpha value is -1.35. The molecule has 1 aromatic rings. The Morgan fingerprint density at radius 2 is 2.05 bits per heavy atom. The van der Waals surface area contributed by atoms with Crippen LogP contribution in [0, 0.1) is 5.92 Å². The summed E-state index contributed by atoms with van der Waals surface area (Å²) in [5.74, 6) is 0.870. The maximum Gasteiger partial charge on any atom is 0.222 e. The Bertz CT molecular complexity index is 418. The first kappa shape index (κ1) is 14.1. The maximum atomic E-state index is 12.2. The van der Waals surface area contributed by atoms with E-state index in [9.17, 15) is 4.79 Å². The van der Waals surface area contributed by atoms with Crippen LogP contribution in [0.1, 0.15) is 44.7 Å². The van der Waals surface area contributed by atoms with Crippen molar-refractivity contribution in [1.29, 1.82) is 0 Å². The van der Waals surface area contributed by atoms with Crippen molar-refractivity contribution in [2.24, 2.45) is 11.7 Å². The van der Waals surface area contributed by atoms with Gasteiger partial charge in [-0.15, -0.1) is 0 Å². The van der Waals surface area contributed by atoms with Gasteiger partial charge >= 0.3 is 0 Å². The van der Waals surface area contributed by atoms with E-state index < -0.39 is 0 Å². The minimum atomic E-state index is -0.0412. The monoisotopic (exact) mass is 260 g/mol. The molecule has 1 heterocycles. The van der Waals surface area contributed by atoms with Crippen LogP contribution in [-0.2, 0) is 4.79 Å². The van der Waals surface area contributed by atoms with Crippen molar-refractivity contribution in [1.82, 2.24) is 4.90 Å². The molecule has 2 rings (SSSR count). The molecule has 1 saturated heterocycles. The molecule has 104 valence electrons. The fourth-order valence-electron chi connectivity index (χ4n) is 2.74. The molecule has 0 bridgehead atoms. The third-order valence-electron chi connectivity index (χ3n) is 4.36. The van der Waals surface area contributed by atoms with Crippen molar-refractivity contribution in [3.63, 3.8) is 0 Å². The zero-order valence-corrected chi connectivity index (χ0v) is 11.9. The minimum Gasteiger partial charge on any atom is -0.340 e. The average Bonchev–Trinajstić information content (AvgIpc) is 2.77. The lowest BCUT2D eigenvalue weighted by Crippen LogP contribution is -2.35. The van der Waals surface area contributed by atoms with Gasteiger partial charge in [0.1, 0.15) is 0 Å². The van der Waals surface area contributed by atoms with Crippen LogP contribution in [0.25, 0.3) is 0 Å². The van der Waals surface area contributed by atoms with E-state index in [4.69, 9.17) is 5.73 Å². The maximum absolute atomic E-state index is 12.2. The van der Waals surface area contributed by atoms with Crippen LogP contribution in [-0.4, -0.2) is 23.4 Å². The van der Waals surface area contributed by atoms with E-state index in [1.54, 1.807) is 0 Å². The highest BCUT2D eigenvalue weighted by Crippen LogP contribution is 2.25. The molecular formula is C16H24N2O. The molecule has 1 aliphatic rings. The molecule has 1 amide bonds. The van der Waals surface area contributed by atoms with Gasteiger partial charge in [-0.3, -0.25) is 4.79 Å². The number of carbonyl (C=O) groups is 1. The second kappa shape index (κ2) is 6.20. The Labute approximate surface area is 115 Å². The number of nitrogens with two attached hydrogens (primary N) is 1. The van der Waals surface area contributed by atoms with Gasteiger partial charge in [-0.05, 0) is 31.2 Å². The number of benzene rings is 1. The number of likely N-dealkylation sites (tertiary alicyclic amines) is 1. The summed E-state index contributed by atoms with van der Waals surface area (Å²) in [6.07, 6.45) is 2.39. The number of nitrogens with zero attached hydrogens (tertiary/aromatic N) is 1. The van der Waals surface area contributed by atoms with Crippen molar-refractivity contribution in [3.8, 4) is 0 Å². The summed E-state index contributed by atoms with van der Waals surface area (Å²) in [5.41, 5.74) is 7.24. The van der Waals surface area contributed by atoms with Crippen molar-refractivity contribution in [3.05, 3.63) is 35.9 Å². The molecule has 2 N–H and O–H groups in total. The van der Waals surface area contributed by atoms with Crippen LogP contribution >= 0.6 is 0 Å². The van der Waals surface area contributed by atoms with Crippen LogP contribution in [0.4, 0.5) is 0 Å². The van der Waals surface area contributed by atoms with E-state index in [0.29, 0.717) is 18.4 Å². The van der Waals surface area contributed by atoms with Gasteiger partial charge in [-0.1, -0.05) is 37.3 Å². The molecular weight excluding hydrogens is 236 g/mol. The van der Waals surface area contributed by atoms with Crippen LogP contribution in [0.15, 0.2) is 30.3 Å². The summed E-state index contributed by atoms with van der Waals surface area (Å²) in [4.78, 5) is 14.2. The van der Waals surface area contributed by atoms with Gasteiger partial charge in [-0.25, -0.2) is 0 Å². The molecule has 3 unspecified atom stereocenters. The van der Waals surface area contributed by atoms with Gasteiger partial charge in [0.15, 0.2) is 0 Å². The average molecular weight is 260 g/mol. The smallest absolute Gasteiger partial charge is 0.222 e. The minimum absolute atomic E-state index is 0.0412. The Morgan fingerprint density at radius 1 is 1.37 bits per heavy atom. The molecule has 0 saturated carbocycles. The van der Waals surface area contributed by atoms with Gasteiger partial charge in [0.05, 0.1) is 0 Å². The fourth-order valence-corrected chi connectivity index (χ4v) is 2.74. The third kappa shape index (κ3) is 3.35. The molecule has 3 atom stereocenters. The normalized spacial score (nSPS) is 24.5. The van der Waals surface area contributed by atoms with E-state index in [1.165, 1.54) is 0 Å². The fraction of sp³-hybridized carbons (Fsp3) is 0.562. The van der Waals surface area contributed by atoms with E-state index in [-0.39, 0.29) is 11.9 Å². The van der Waals surface area contributed by atoms with Gasteiger partial charge < -0.3 is 10.6 Å². The largest absolute Gasteiger partial charge is 0.340 e. The predicted molar refractivity (Wildman–Crippen MR) is 77.6 cm³/mol. The molecule has 1 aliphatic heterocycles. The summed E-state index contributed by atoms with van der Waals surface area (Å²) in [6.45, 7) is 5.27. The first-order chi connectivity index (χ1) is 9.09. The molecule has 1 aromatic carbocycles. The van der Waals surface area contributed by atoms with E-state index >= 15 is 0 Å². The van der Waals surface area contributed by atoms with Gasteiger partial charge in [-0.2, -0.15) is 0 Å². The molecule has 0 radical (unpaired) electrons. The third-order valence-corrected chi connectivity index (χ3v) is 4.36. The van der Waals surface area contributed by atoms with Crippen LogP contribution < -0.4 is 5.73 Å². The highest BCUT2D eigenvalue weighted by atomic mass is 16.2. The highest BCUT2D eigenvalue weighted by molar-refractivity contribution is 5.76. The summed E-state index contributed by atoms with van der Waals surface area (Å²) in [5, 5.41) is 0. The molecule has 3 nitrogen and oxygen atoms in total. The molecule has 0 spiro atoms. The second-order valence-electron chi connectivity index (χ2n) is 5.65. The van der Waals surface area contributed by atoms with Crippen LogP contribution in [0.2, 0.25) is 0 Å². The standard InChI is InChI=1S/C16H24N2O/c1-12-10-11-18(13(12)2)16(19)9-8-15(17)14-6-4-3-5-7-14/h3-7,12-13,15H,8-11,17H2,1-2H3. The quantitative estimate of drug-likeness (QED) is 0.904. The van der Waals surface area contributed by atoms with Crippen molar-refractivity contribution < 1.29 is 4.79 Å². The molecule has 0 aliphatic carbocycles. The van der Waals surface area contributed by atoms with Crippen molar-refractivity contribution >= 4 is 5.91 Å². The number of carbonyl (C=O) groups excluding carboxylic acids is 1. The van der Waals surface area contributed by atoms with Crippen molar-refractivity contribution in [2.45, 2.75) is 45.2 Å². The topological polar surface area (TPSA) is 46.3 Å². The number of hydrogen-bond donors (Lipinski definition) is 1. The Morgan fingerprint density at radius 3 is 2.63 bits per heavy atom. The first-order valence-electron chi connectivity index (χ1n) is 7.19. The first-order valence-corrected chi connectivity index (χ1v) is 7.19. The molecule has 3 heteroatoms. The SMILES string of the molecule is CC1CCN(C(=O)CCC(N)c2ccccc2)C1C. The van der Waals surface area contributed by atoms with Crippen LogP contribution in [0.3, 0.4) is 0 Å². The Balaban J connectivity index is 1.84. The second-order valence-corrected chi connectivity index (χ2v) is 5.65. The lowest BCUT2D eigenvalue weighted by Gasteiger charge is -2.24. The summed E-state index contributed by atoms with van der Waals surface area (Å²) < 4.78 is 0. The molecule has 1 fully saturated rings. The zero-order chi connectivity index (χ0) is 13.8. The van der Waals surface area contributed by atoms with Gasteiger partial charge in [0, 0.05) is 25.0 Å². The summed E-state index contributed by atoms with van der Waals surface area (Å²) in [7, 11) is 0. The summed E-state index contributed by atoms with van der Waals surface area (Å²) in [6, 6.07) is 10.3. The zero-order valence-electron chi connectivity index (χ0n) is 11.9. The highest BCUT2D eigenvalue weighted by Gasteiger charge is 2.30. The molecule has 19 heavy (non-hydrogen) atoms. The van der Waals surface area contributed by atoms with Gasteiger partial charge in [0.2, 0.25) is 5.91 Å². The van der Waals surface area contributed by atoms with Gasteiger partial charge in [0.25, 0.3) is 0 Å². The number of amides is 1. The Kier molecular flexibility index (Phi) is 4.59. The number of rotatable bonds is 4. The van der Waals surface area contributed by atoms with Crippen LogP contribution in [0.5, 0.6) is 0 Å². The summed E-state index contributed by atoms with van der Waals surface area (Å²) >= 11 is 0. The number of hydrogen-bond acceptors (Lipinski definition) is 2. The molecule has 0 aromatic heterocycles. The van der Waals surface area contributed by atoms with E-state index in [0.717, 1.165) is 24.9 Å². The lowest BCUT2D eigenvalue weighted by molar-refractivity contribution is -0.132. The lowest BCUT2D eigenvalue weighted by atomic mass is 10.0. The van der Waals surface area contributed by atoms with Crippen molar-refractivity contribution in [2.75, 3.05) is 6.54 Å². The van der Waals surface area contributed by atoms with E-state index in [1.807, 2.05) is 35.2 Å².